The maximum Gasteiger partial charge on any atom is 0.433 e. The van der Waals surface area contributed by atoms with Crippen molar-refractivity contribution < 1.29 is 26.3 Å². The summed E-state index contributed by atoms with van der Waals surface area (Å²) in [6, 6.07) is 1.78. The van der Waals surface area contributed by atoms with E-state index in [1.54, 1.807) is 0 Å². The zero-order chi connectivity index (χ0) is 20.8. The van der Waals surface area contributed by atoms with Gasteiger partial charge in [0, 0.05) is 45.9 Å². The second kappa shape index (κ2) is 7.79. The molecule has 1 aromatic heterocycles. The Bertz CT molecular complexity index is 842. The van der Waals surface area contributed by atoms with E-state index in [0.717, 1.165) is 57.8 Å². The second-order valence-electron chi connectivity index (χ2n) is 8.39. The molecule has 3 aliphatic rings. The monoisotopic (exact) mass is 433 g/mol. The topological polar surface area (TPSA) is 62.7 Å². The number of aromatic nitrogens is 1. The van der Waals surface area contributed by atoms with Crippen LogP contribution < -0.4 is 0 Å². The van der Waals surface area contributed by atoms with Crippen molar-refractivity contribution in [3.8, 4) is 0 Å². The van der Waals surface area contributed by atoms with E-state index in [9.17, 15) is 21.6 Å². The average molecular weight is 433 g/mol. The summed E-state index contributed by atoms with van der Waals surface area (Å²) in [5, 5.41) is 0. The number of halogens is 3. The van der Waals surface area contributed by atoms with Crippen LogP contribution in [0, 0.1) is 24.7 Å². The largest absolute Gasteiger partial charge is 0.433 e. The fourth-order valence-corrected chi connectivity index (χ4v) is 6.52. The summed E-state index contributed by atoms with van der Waals surface area (Å²) in [5.41, 5.74) is -1.19. The van der Waals surface area contributed by atoms with Gasteiger partial charge >= 0.3 is 6.18 Å². The van der Waals surface area contributed by atoms with Gasteiger partial charge in [0.25, 0.3) is 0 Å². The average Bonchev–Trinajstić information content (AvgIpc) is 3.20. The molecule has 0 aromatic carbocycles. The van der Waals surface area contributed by atoms with Gasteiger partial charge in [0.2, 0.25) is 10.0 Å². The highest BCUT2D eigenvalue weighted by molar-refractivity contribution is 7.89. The Hall–Kier alpha value is -1.23. The molecular formula is C19H26F3N3O3S. The van der Waals surface area contributed by atoms with E-state index in [0.29, 0.717) is 19.0 Å². The van der Waals surface area contributed by atoms with Gasteiger partial charge in [-0.1, -0.05) is 0 Å². The summed E-state index contributed by atoms with van der Waals surface area (Å²) in [6.45, 7) is 6.56. The molecule has 4 rings (SSSR count). The van der Waals surface area contributed by atoms with Crippen molar-refractivity contribution >= 4 is 10.0 Å². The van der Waals surface area contributed by atoms with Crippen molar-refractivity contribution in [3.63, 3.8) is 0 Å². The Balaban J connectivity index is 1.41. The van der Waals surface area contributed by atoms with Crippen molar-refractivity contribution in [2.24, 2.45) is 17.8 Å². The number of likely N-dealkylation sites (tertiary alicyclic amines) is 1. The lowest BCUT2D eigenvalue weighted by Gasteiger charge is -2.28. The van der Waals surface area contributed by atoms with Gasteiger partial charge < -0.3 is 9.64 Å². The highest BCUT2D eigenvalue weighted by atomic mass is 32.2. The van der Waals surface area contributed by atoms with Crippen LogP contribution in [0.1, 0.15) is 24.2 Å². The van der Waals surface area contributed by atoms with E-state index >= 15 is 0 Å². The standard InChI is InChI=1S/C19H26F3N3O3S/c1-13-17(2-3-18(23-13)19(20,21)22)29(26,27)25-11-15-9-24(10-16(15)12-25)8-14-4-6-28-7-5-14/h2-3,14-16H,4-12H2,1H3/t15-,16-/m1/s1. The van der Waals surface area contributed by atoms with Gasteiger partial charge in [-0.25, -0.2) is 13.4 Å². The molecule has 2 atom stereocenters. The van der Waals surface area contributed by atoms with Gasteiger partial charge in [-0.2, -0.15) is 17.5 Å². The molecule has 0 bridgehead atoms. The molecule has 0 N–H and O–H groups in total. The number of nitrogens with zero attached hydrogens (tertiary/aromatic N) is 3. The predicted molar refractivity (Wildman–Crippen MR) is 99.7 cm³/mol. The van der Waals surface area contributed by atoms with Gasteiger partial charge in [0.05, 0.1) is 5.69 Å². The molecule has 0 aliphatic carbocycles. The normalized spacial score (nSPS) is 27.4. The summed E-state index contributed by atoms with van der Waals surface area (Å²) >= 11 is 0. The Morgan fingerprint density at radius 1 is 1.10 bits per heavy atom. The molecule has 0 amide bonds. The number of hydrogen-bond donors (Lipinski definition) is 0. The number of ether oxygens (including phenoxy) is 1. The van der Waals surface area contributed by atoms with Crippen LogP contribution >= 0.6 is 0 Å². The van der Waals surface area contributed by atoms with Crippen molar-refractivity contribution in [1.29, 1.82) is 0 Å². The molecule has 6 nitrogen and oxygen atoms in total. The van der Waals surface area contributed by atoms with Gasteiger partial charge in [0.15, 0.2) is 0 Å². The summed E-state index contributed by atoms with van der Waals surface area (Å²) in [6.07, 6.45) is -2.44. The van der Waals surface area contributed by atoms with E-state index in [1.165, 1.54) is 11.2 Å². The maximum atomic E-state index is 13.0. The molecule has 0 radical (unpaired) electrons. The number of fused-ring (bicyclic) bond motifs is 1. The fourth-order valence-electron chi connectivity index (χ4n) is 4.80. The third-order valence-electron chi connectivity index (χ3n) is 6.33. The summed E-state index contributed by atoms with van der Waals surface area (Å²) in [7, 11) is -3.85. The lowest BCUT2D eigenvalue weighted by Crippen LogP contribution is -2.36. The van der Waals surface area contributed by atoms with E-state index in [4.69, 9.17) is 4.74 Å². The Morgan fingerprint density at radius 2 is 1.72 bits per heavy atom. The molecule has 3 aliphatic heterocycles. The van der Waals surface area contributed by atoms with Crippen molar-refractivity contribution in [2.45, 2.75) is 30.8 Å². The summed E-state index contributed by atoms with van der Waals surface area (Å²) in [4.78, 5) is 5.78. The zero-order valence-electron chi connectivity index (χ0n) is 16.4. The van der Waals surface area contributed by atoms with Crippen LogP contribution in [0.15, 0.2) is 17.0 Å². The van der Waals surface area contributed by atoms with Crippen LogP contribution in [0.25, 0.3) is 0 Å². The minimum Gasteiger partial charge on any atom is -0.381 e. The molecule has 0 unspecified atom stereocenters. The molecule has 1 aromatic rings. The molecule has 0 spiro atoms. The van der Waals surface area contributed by atoms with Gasteiger partial charge in [-0.3, -0.25) is 0 Å². The Morgan fingerprint density at radius 3 is 2.28 bits per heavy atom. The number of pyridine rings is 1. The van der Waals surface area contributed by atoms with E-state index in [1.807, 2.05) is 0 Å². The molecule has 162 valence electrons. The van der Waals surface area contributed by atoms with Crippen molar-refractivity contribution in [2.75, 3.05) is 45.9 Å². The number of rotatable bonds is 4. The first-order chi connectivity index (χ1) is 13.6. The van der Waals surface area contributed by atoms with E-state index < -0.39 is 21.9 Å². The second-order valence-corrected chi connectivity index (χ2v) is 10.3. The maximum absolute atomic E-state index is 13.0. The van der Waals surface area contributed by atoms with Gasteiger partial charge in [-0.05, 0) is 49.7 Å². The highest BCUT2D eigenvalue weighted by Gasteiger charge is 2.45. The minimum absolute atomic E-state index is 0.113. The van der Waals surface area contributed by atoms with Crippen molar-refractivity contribution in [1.82, 2.24) is 14.2 Å². The number of aryl methyl sites for hydroxylation is 1. The zero-order valence-corrected chi connectivity index (χ0v) is 17.2. The third-order valence-corrected chi connectivity index (χ3v) is 8.30. The smallest absolute Gasteiger partial charge is 0.381 e. The van der Waals surface area contributed by atoms with Gasteiger partial charge in [-0.15, -0.1) is 0 Å². The minimum atomic E-state index is -4.59. The van der Waals surface area contributed by atoms with Crippen molar-refractivity contribution in [3.05, 3.63) is 23.5 Å². The third kappa shape index (κ3) is 4.30. The number of hydrogen-bond acceptors (Lipinski definition) is 5. The van der Waals surface area contributed by atoms with Crippen LogP contribution in [0.5, 0.6) is 0 Å². The van der Waals surface area contributed by atoms with Crippen LogP contribution in [-0.2, 0) is 20.9 Å². The molecular weight excluding hydrogens is 407 g/mol. The molecule has 10 heteroatoms. The fraction of sp³-hybridized carbons (Fsp3) is 0.737. The first-order valence-corrected chi connectivity index (χ1v) is 11.4. The summed E-state index contributed by atoms with van der Waals surface area (Å²) < 4.78 is 71.3. The Labute approximate surface area is 169 Å². The first-order valence-electron chi connectivity index (χ1n) is 9.99. The molecule has 0 saturated carbocycles. The van der Waals surface area contributed by atoms with E-state index in [2.05, 4.69) is 9.88 Å². The first kappa shape index (κ1) is 21.0. The Kier molecular flexibility index (Phi) is 5.65. The van der Waals surface area contributed by atoms with Gasteiger partial charge in [0.1, 0.15) is 10.6 Å². The van der Waals surface area contributed by atoms with Crippen LogP contribution in [0.2, 0.25) is 0 Å². The number of sulfonamides is 1. The molecule has 4 heterocycles. The summed E-state index contributed by atoms with van der Waals surface area (Å²) in [5.74, 6) is 1.18. The van der Waals surface area contributed by atoms with E-state index in [-0.39, 0.29) is 22.4 Å². The lowest BCUT2D eigenvalue weighted by molar-refractivity contribution is -0.141. The SMILES string of the molecule is Cc1nc(C(F)(F)F)ccc1S(=O)(=O)N1C[C@H]2CN(CC3CCOCC3)C[C@@H]2C1. The van der Waals surface area contributed by atoms with Crippen LogP contribution in [0.3, 0.4) is 0 Å². The predicted octanol–water partition coefficient (Wildman–Crippen LogP) is 2.39. The lowest BCUT2D eigenvalue weighted by atomic mass is 10.00. The quantitative estimate of drug-likeness (QED) is 0.730. The molecule has 29 heavy (non-hydrogen) atoms. The van der Waals surface area contributed by atoms with Crippen LogP contribution in [0.4, 0.5) is 13.2 Å². The highest BCUT2D eigenvalue weighted by Crippen LogP contribution is 2.36. The molecule has 3 fully saturated rings. The van der Waals surface area contributed by atoms with Crippen LogP contribution in [-0.4, -0.2) is 68.5 Å². The molecule has 3 saturated heterocycles. The number of alkyl halides is 3.